The first-order chi connectivity index (χ1) is 18.5. The Bertz CT molecular complexity index is 1200. The topological polar surface area (TPSA) is 59.1 Å². The Hall–Kier alpha value is -3.65. The summed E-state index contributed by atoms with van der Waals surface area (Å²) in [5.74, 6) is 0. The number of hydrogen-bond acceptors (Lipinski definition) is 5. The van der Waals surface area contributed by atoms with E-state index >= 15 is 0 Å². The van der Waals surface area contributed by atoms with Crippen LogP contribution in [0.4, 0.5) is 50.0 Å². The average Bonchev–Trinajstić information content (AvgIpc) is 2.86. The van der Waals surface area contributed by atoms with Gasteiger partial charge in [-0.25, -0.2) is 4.79 Å². The molecule has 6 nitrogen and oxygen atoms in total. The normalized spacial score (nSPS) is 17.7. The number of benzene rings is 2. The molecule has 0 N–H and O–H groups in total. The summed E-state index contributed by atoms with van der Waals surface area (Å²) in [5, 5.41) is 0. The Morgan fingerprint density at radius 1 is 0.950 bits per heavy atom. The van der Waals surface area contributed by atoms with E-state index in [1.807, 2.05) is 0 Å². The molecule has 0 radical (unpaired) electrons. The molecule has 40 heavy (non-hydrogen) atoms. The van der Waals surface area contributed by atoms with E-state index in [-0.39, 0.29) is 43.4 Å². The number of fused-ring (bicyclic) bond motifs is 1. The number of rotatable bonds is 7. The standard InChI is InChI=1S/C25H23F9N2O4/c1-14-7-21(19-11-16(23(26,27)28)3-4-20(19)35(14)5-6-40-13-37)36(22(38)39-2)12-15-8-17(24(29,30)31)10-18(9-15)25(32,33)34/h3-4,8-11,13-14,21H,5-7,12H2,1-2H3. The number of carbonyl (C=O) groups excluding carboxylic acids is 2. The number of amides is 1. The zero-order valence-electron chi connectivity index (χ0n) is 21.0. The highest BCUT2D eigenvalue weighted by Gasteiger charge is 2.41. The van der Waals surface area contributed by atoms with Gasteiger partial charge in [0.25, 0.3) is 6.47 Å². The molecule has 0 aromatic heterocycles. The Balaban J connectivity index is 2.15. The number of ether oxygens (including phenoxy) is 2. The minimum absolute atomic E-state index is 0.0613. The molecule has 0 saturated carbocycles. The number of alkyl halides is 9. The molecule has 2 aromatic carbocycles. The highest BCUT2D eigenvalue weighted by Crippen LogP contribution is 2.44. The van der Waals surface area contributed by atoms with Crippen LogP contribution in [0.15, 0.2) is 36.4 Å². The van der Waals surface area contributed by atoms with Gasteiger partial charge in [0.15, 0.2) is 0 Å². The van der Waals surface area contributed by atoms with Gasteiger partial charge in [-0.15, -0.1) is 0 Å². The third kappa shape index (κ3) is 6.91. The van der Waals surface area contributed by atoms with E-state index < -0.39 is 65.5 Å². The molecule has 0 fully saturated rings. The van der Waals surface area contributed by atoms with Crippen molar-refractivity contribution in [3.8, 4) is 0 Å². The van der Waals surface area contributed by atoms with E-state index in [0.29, 0.717) is 12.1 Å². The highest BCUT2D eigenvalue weighted by molar-refractivity contribution is 5.70. The van der Waals surface area contributed by atoms with Gasteiger partial charge in [-0.2, -0.15) is 39.5 Å². The Morgan fingerprint density at radius 2 is 1.52 bits per heavy atom. The molecule has 2 unspecified atom stereocenters. The van der Waals surface area contributed by atoms with Crippen LogP contribution in [0.3, 0.4) is 0 Å². The maximum atomic E-state index is 13.6. The van der Waals surface area contributed by atoms with E-state index in [1.165, 1.54) is 0 Å². The first-order valence-electron chi connectivity index (χ1n) is 11.6. The van der Waals surface area contributed by atoms with Gasteiger partial charge in [-0.1, -0.05) is 0 Å². The molecule has 1 amide bonds. The molecular formula is C25H23F9N2O4. The lowest BCUT2D eigenvalue weighted by molar-refractivity contribution is -0.143. The van der Waals surface area contributed by atoms with Crippen LogP contribution in [0.1, 0.15) is 47.2 Å². The van der Waals surface area contributed by atoms with Crippen LogP contribution >= 0.6 is 0 Å². The zero-order valence-corrected chi connectivity index (χ0v) is 21.0. The summed E-state index contributed by atoms with van der Waals surface area (Å²) in [6.45, 7) is 0.946. The van der Waals surface area contributed by atoms with Crippen LogP contribution < -0.4 is 4.90 Å². The van der Waals surface area contributed by atoms with E-state index in [4.69, 9.17) is 9.47 Å². The molecular weight excluding hydrogens is 563 g/mol. The van der Waals surface area contributed by atoms with Crippen molar-refractivity contribution in [2.75, 3.05) is 25.2 Å². The predicted molar refractivity (Wildman–Crippen MR) is 122 cm³/mol. The highest BCUT2D eigenvalue weighted by atomic mass is 19.4. The molecule has 1 heterocycles. The lowest BCUT2D eigenvalue weighted by atomic mass is 9.89. The quantitative estimate of drug-likeness (QED) is 0.202. The zero-order chi connectivity index (χ0) is 30.0. The van der Waals surface area contributed by atoms with Gasteiger partial charge < -0.3 is 14.4 Å². The molecule has 220 valence electrons. The fourth-order valence-corrected chi connectivity index (χ4v) is 4.64. The number of hydrogen-bond donors (Lipinski definition) is 0. The monoisotopic (exact) mass is 586 g/mol. The molecule has 15 heteroatoms. The van der Waals surface area contributed by atoms with Crippen LogP contribution in [-0.4, -0.2) is 43.8 Å². The van der Waals surface area contributed by atoms with Gasteiger partial charge >= 0.3 is 24.6 Å². The summed E-state index contributed by atoms with van der Waals surface area (Å²) in [6.07, 6.45) is -16.3. The van der Waals surface area contributed by atoms with Crippen molar-refractivity contribution in [2.45, 2.75) is 50.5 Å². The summed E-state index contributed by atoms with van der Waals surface area (Å²) >= 11 is 0. The summed E-state index contributed by atoms with van der Waals surface area (Å²) in [6, 6.07) is 1.77. The van der Waals surface area contributed by atoms with Gasteiger partial charge in [0, 0.05) is 18.3 Å². The second-order valence-corrected chi connectivity index (χ2v) is 9.04. The third-order valence-corrected chi connectivity index (χ3v) is 6.42. The van der Waals surface area contributed by atoms with Crippen LogP contribution in [0.2, 0.25) is 0 Å². The summed E-state index contributed by atoms with van der Waals surface area (Å²) in [4.78, 5) is 25.8. The molecule has 3 rings (SSSR count). The fourth-order valence-electron chi connectivity index (χ4n) is 4.64. The van der Waals surface area contributed by atoms with E-state index in [2.05, 4.69) is 0 Å². The third-order valence-electron chi connectivity index (χ3n) is 6.42. The number of methoxy groups -OCH3 is 1. The number of halogens is 9. The van der Waals surface area contributed by atoms with Gasteiger partial charge in [-0.3, -0.25) is 9.69 Å². The van der Waals surface area contributed by atoms with Gasteiger partial charge in [-0.05, 0) is 60.9 Å². The van der Waals surface area contributed by atoms with Crippen molar-refractivity contribution in [2.24, 2.45) is 0 Å². The number of anilines is 1. The molecule has 0 saturated heterocycles. The average molecular weight is 586 g/mol. The maximum absolute atomic E-state index is 13.6. The Kier molecular flexibility index (Phi) is 8.84. The minimum atomic E-state index is -5.15. The van der Waals surface area contributed by atoms with Crippen LogP contribution in [0, 0.1) is 0 Å². The van der Waals surface area contributed by atoms with E-state index in [9.17, 15) is 49.1 Å². The summed E-state index contributed by atoms with van der Waals surface area (Å²) < 4.78 is 131. The lowest BCUT2D eigenvalue weighted by Crippen LogP contribution is -2.46. The molecule has 1 aliphatic heterocycles. The van der Waals surface area contributed by atoms with Gasteiger partial charge in [0.1, 0.15) is 6.61 Å². The van der Waals surface area contributed by atoms with Gasteiger partial charge in [0.05, 0.1) is 36.4 Å². The van der Waals surface area contributed by atoms with Crippen molar-refractivity contribution in [3.63, 3.8) is 0 Å². The SMILES string of the molecule is COC(=O)N(Cc1cc(C(F)(F)F)cc(C(F)(F)F)c1)C1CC(C)N(CCOC=O)c2ccc(C(F)(F)F)cc21. The summed E-state index contributed by atoms with van der Waals surface area (Å²) in [7, 11) is 0.922. The minimum Gasteiger partial charge on any atom is -0.466 e. The van der Waals surface area contributed by atoms with Crippen molar-refractivity contribution < 1.29 is 58.6 Å². The van der Waals surface area contributed by atoms with Crippen LogP contribution in [0.25, 0.3) is 0 Å². The van der Waals surface area contributed by atoms with Crippen LogP contribution in [0.5, 0.6) is 0 Å². The summed E-state index contributed by atoms with van der Waals surface area (Å²) in [5.41, 5.74) is -4.72. The first kappa shape index (κ1) is 30.9. The van der Waals surface area contributed by atoms with Gasteiger partial charge in [0.2, 0.25) is 0 Å². The van der Waals surface area contributed by atoms with E-state index in [0.717, 1.165) is 30.2 Å². The molecule has 0 bridgehead atoms. The van der Waals surface area contributed by atoms with Crippen molar-refractivity contribution in [1.29, 1.82) is 0 Å². The van der Waals surface area contributed by atoms with Crippen molar-refractivity contribution in [3.05, 3.63) is 64.2 Å². The lowest BCUT2D eigenvalue weighted by Gasteiger charge is -2.44. The van der Waals surface area contributed by atoms with Crippen molar-refractivity contribution in [1.82, 2.24) is 4.90 Å². The largest absolute Gasteiger partial charge is 0.466 e. The smallest absolute Gasteiger partial charge is 0.416 e. The Morgan fingerprint density at radius 3 is 2.02 bits per heavy atom. The number of nitrogens with zero attached hydrogens (tertiary/aromatic N) is 2. The second-order valence-electron chi connectivity index (χ2n) is 9.04. The van der Waals surface area contributed by atoms with Crippen molar-refractivity contribution >= 4 is 18.3 Å². The molecule has 2 aromatic rings. The molecule has 0 aliphatic carbocycles. The van der Waals surface area contributed by atoms with E-state index in [1.54, 1.807) is 11.8 Å². The predicted octanol–water partition coefficient (Wildman–Crippen LogP) is 6.82. The Labute approximate surface area is 222 Å². The second kappa shape index (κ2) is 11.5. The molecule has 0 spiro atoms. The fraction of sp³-hybridized carbons (Fsp3) is 0.440. The molecule has 1 aliphatic rings. The maximum Gasteiger partial charge on any atom is 0.416 e. The number of carbonyl (C=O) groups is 2. The first-order valence-corrected chi connectivity index (χ1v) is 11.6. The van der Waals surface area contributed by atoms with Crippen LogP contribution in [-0.2, 0) is 39.3 Å². The molecule has 2 atom stereocenters.